The van der Waals surface area contributed by atoms with E-state index in [1.165, 1.54) is 89.9 Å². The number of nitrogens with zero attached hydrogens (tertiary/aromatic N) is 2. The minimum absolute atomic E-state index is 0.289. The van der Waals surface area contributed by atoms with Gasteiger partial charge in [0.15, 0.2) is 18.4 Å². The summed E-state index contributed by atoms with van der Waals surface area (Å²) in [6.07, 6.45) is 26.6. The molecule has 0 aliphatic carbocycles. The summed E-state index contributed by atoms with van der Waals surface area (Å²) in [4.78, 5) is 4.04. The van der Waals surface area contributed by atoms with Gasteiger partial charge in [-0.1, -0.05) is 104 Å². The number of methoxy groups -OCH3 is 2. The lowest BCUT2D eigenvalue weighted by Gasteiger charge is -2.30. The van der Waals surface area contributed by atoms with Gasteiger partial charge in [-0.3, -0.25) is 0 Å². The van der Waals surface area contributed by atoms with Crippen molar-refractivity contribution in [2.24, 2.45) is 0 Å². The molecule has 1 aromatic rings. The molecule has 0 bridgehead atoms. The first kappa shape index (κ1) is 38.0. The molecule has 0 radical (unpaired) electrons. The fourth-order valence-corrected chi connectivity index (χ4v) is 4.67. The highest BCUT2D eigenvalue weighted by molar-refractivity contribution is 4.73. The lowest BCUT2D eigenvalue weighted by Crippen LogP contribution is -2.38. The van der Waals surface area contributed by atoms with Gasteiger partial charge in [-0.2, -0.15) is 0 Å². The molecule has 0 saturated heterocycles. The average molecular weight is 585 g/mol. The predicted octanol–water partition coefficient (Wildman–Crippen LogP) is 8.28. The summed E-state index contributed by atoms with van der Waals surface area (Å²) in [5.74, 6) is -0.803. The van der Waals surface area contributed by atoms with Crippen LogP contribution in [0.5, 0.6) is 0 Å². The maximum Gasteiger partial charge on any atom is 0.188 e. The molecule has 2 atom stereocenters. The van der Waals surface area contributed by atoms with Crippen LogP contribution in [0.4, 0.5) is 0 Å². The number of imidazole rings is 1. The van der Waals surface area contributed by atoms with Crippen molar-refractivity contribution >= 4 is 0 Å². The number of aromatic nitrogens is 2. The van der Waals surface area contributed by atoms with E-state index in [1.807, 2.05) is 17.7 Å². The number of hydrogen-bond donors (Lipinski definition) is 0. The van der Waals surface area contributed by atoms with Gasteiger partial charge >= 0.3 is 0 Å². The average Bonchev–Trinajstić information content (AvgIpc) is 3.52. The molecule has 8 heteroatoms. The first-order valence-electron chi connectivity index (χ1n) is 16.6. The topological polar surface area (TPSA) is 73.2 Å². The van der Waals surface area contributed by atoms with E-state index < -0.39 is 5.79 Å². The number of unbranched alkanes of at least 4 members (excludes halogenated alkanes) is 14. The molecule has 0 saturated carbocycles. The molecule has 0 aromatic carbocycles. The molecular formula is C33H64N2O6. The van der Waals surface area contributed by atoms with E-state index in [2.05, 4.69) is 18.8 Å². The zero-order chi connectivity index (χ0) is 29.9. The van der Waals surface area contributed by atoms with E-state index in [0.717, 1.165) is 25.8 Å². The Morgan fingerprint density at radius 2 is 1.29 bits per heavy atom. The molecule has 1 heterocycles. The van der Waals surface area contributed by atoms with Crippen LogP contribution >= 0.6 is 0 Å². The van der Waals surface area contributed by atoms with Crippen LogP contribution < -0.4 is 0 Å². The van der Waals surface area contributed by atoms with Crippen molar-refractivity contribution in [1.29, 1.82) is 0 Å². The van der Waals surface area contributed by atoms with Gasteiger partial charge in [-0.05, 0) is 26.2 Å². The van der Waals surface area contributed by atoms with E-state index in [9.17, 15) is 0 Å². The van der Waals surface area contributed by atoms with Crippen molar-refractivity contribution in [3.8, 4) is 0 Å². The van der Waals surface area contributed by atoms with Gasteiger partial charge < -0.3 is 33.0 Å². The molecule has 0 N–H and O–H groups in total. The Hall–Kier alpha value is -1.03. The first-order chi connectivity index (χ1) is 20.1. The van der Waals surface area contributed by atoms with Crippen LogP contribution in [0.1, 0.15) is 130 Å². The van der Waals surface area contributed by atoms with E-state index >= 15 is 0 Å². The van der Waals surface area contributed by atoms with Crippen LogP contribution in [0.15, 0.2) is 18.7 Å². The molecule has 0 fully saturated rings. The highest BCUT2D eigenvalue weighted by Gasteiger charge is 2.26. The van der Waals surface area contributed by atoms with Crippen LogP contribution in [0, 0.1) is 0 Å². The van der Waals surface area contributed by atoms with E-state index in [-0.39, 0.29) is 19.2 Å². The zero-order valence-corrected chi connectivity index (χ0v) is 27.3. The van der Waals surface area contributed by atoms with E-state index in [4.69, 9.17) is 28.4 Å². The predicted molar refractivity (Wildman–Crippen MR) is 166 cm³/mol. The standard InChI is InChI=1S/C33H64N2O6/c1-6-8-9-10-11-12-13-14-15-16-17-18-19-20-21-22-32(40-29-33(3,36-4)37-5)41-31(7-2)39-28-27-38-26-25-35-24-23-34-30-35/h23-24,30-32H,6-22,25-29H2,1-5H3. The van der Waals surface area contributed by atoms with Crippen LogP contribution in [0.3, 0.4) is 0 Å². The minimum Gasteiger partial charge on any atom is -0.377 e. The van der Waals surface area contributed by atoms with E-state index in [1.54, 1.807) is 26.7 Å². The number of ether oxygens (including phenoxy) is 6. The Labute approximate surface area is 252 Å². The van der Waals surface area contributed by atoms with Crippen LogP contribution in [-0.4, -0.2) is 68.6 Å². The zero-order valence-electron chi connectivity index (χ0n) is 27.3. The Morgan fingerprint density at radius 1 is 0.707 bits per heavy atom. The van der Waals surface area contributed by atoms with Gasteiger partial charge in [0.05, 0.1) is 26.1 Å². The molecule has 0 spiro atoms. The normalized spacial score (nSPS) is 13.6. The molecule has 41 heavy (non-hydrogen) atoms. The molecule has 8 nitrogen and oxygen atoms in total. The molecular weight excluding hydrogens is 520 g/mol. The summed E-state index contributed by atoms with van der Waals surface area (Å²) in [5.41, 5.74) is 0. The summed E-state index contributed by atoms with van der Waals surface area (Å²) in [5, 5.41) is 0. The molecule has 2 unspecified atom stereocenters. The largest absolute Gasteiger partial charge is 0.377 e. The second kappa shape index (κ2) is 26.6. The van der Waals surface area contributed by atoms with Gasteiger partial charge in [0.25, 0.3) is 0 Å². The summed E-state index contributed by atoms with van der Waals surface area (Å²) < 4.78 is 37.0. The van der Waals surface area contributed by atoms with Crippen LogP contribution in [0.2, 0.25) is 0 Å². The van der Waals surface area contributed by atoms with Gasteiger partial charge in [0, 0.05) is 33.2 Å². The third kappa shape index (κ3) is 21.3. The third-order valence-corrected chi connectivity index (χ3v) is 7.66. The lowest BCUT2D eigenvalue weighted by molar-refractivity contribution is -0.289. The summed E-state index contributed by atoms with van der Waals surface area (Å²) in [6, 6.07) is 0. The van der Waals surface area contributed by atoms with E-state index in [0.29, 0.717) is 19.8 Å². The third-order valence-electron chi connectivity index (χ3n) is 7.66. The van der Waals surface area contributed by atoms with Gasteiger partial charge in [-0.25, -0.2) is 4.98 Å². The highest BCUT2D eigenvalue weighted by atomic mass is 16.8. The van der Waals surface area contributed by atoms with Crippen LogP contribution in [0.25, 0.3) is 0 Å². The van der Waals surface area contributed by atoms with Crippen molar-refractivity contribution in [3.05, 3.63) is 18.7 Å². The van der Waals surface area contributed by atoms with Gasteiger partial charge in [-0.15, -0.1) is 0 Å². The fraction of sp³-hybridized carbons (Fsp3) is 0.909. The van der Waals surface area contributed by atoms with Crippen molar-refractivity contribution in [2.45, 2.75) is 155 Å². The maximum absolute atomic E-state index is 6.25. The van der Waals surface area contributed by atoms with Crippen LogP contribution in [-0.2, 0) is 35.0 Å². The van der Waals surface area contributed by atoms with Crippen molar-refractivity contribution < 1.29 is 28.4 Å². The Kier molecular flexibility index (Phi) is 24.6. The molecule has 1 aromatic heterocycles. The Balaban J connectivity index is 2.21. The number of rotatable bonds is 31. The maximum atomic E-state index is 6.25. The van der Waals surface area contributed by atoms with Crippen molar-refractivity contribution in [1.82, 2.24) is 9.55 Å². The highest BCUT2D eigenvalue weighted by Crippen LogP contribution is 2.19. The lowest BCUT2D eigenvalue weighted by atomic mass is 10.0. The van der Waals surface area contributed by atoms with Crippen molar-refractivity contribution in [2.75, 3.05) is 40.6 Å². The van der Waals surface area contributed by atoms with Gasteiger partial charge in [0.2, 0.25) is 0 Å². The van der Waals surface area contributed by atoms with Gasteiger partial charge in [0.1, 0.15) is 6.61 Å². The minimum atomic E-state index is -0.803. The quantitative estimate of drug-likeness (QED) is 0.0642. The summed E-state index contributed by atoms with van der Waals surface area (Å²) in [7, 11) is 3.25. The second-order valence-electron chi connectivity index (χ2n) is 11.3. The smallest absolute Gasteiger partial charge is 0.188 e. The Morgan fingerprint density at radius 3 is 1.80 bits per heavy atom. The van der Waals surface area contributed by atoms with Crippen molar-refractivity contribution in [3.63, 3.8) is 0 Å². The molecule has 0 aliphatic rings. The first-order valence-corrected chi connectivity index (χ1v) is 16.6. The summed E-state index contributed by atoms with van der Waals surface area (Å²) >= 11 is 0. The molecule has 0 amide bonds. The second-order valence-corrected chi connectivity index (χ2v) is 11.3. The SMILES string of the molecule is CCCCCCCCCCCCCCCCCC(OCC(C)(OC)OC)OC(CC)OCCOCCn1ccnc1. The molecule has 242 valence electrons. The monoisotopic (exact) mass is 584 g/mol. The molecule has 0 aliphatic heterocycles. The number of hydrogen-bond acceptors (Lipinski definition) is 7. The fourth-order valence-electron chi connectivity index (χ4n) is 4.67. The molecule has 1 rings (SSSR count). The summed E-state index contributed by atoms with van der Waals surface area (Å²) in [6.45, 7) is 8.89. The Bertz CT molecular complexity index is 656.